The van der Waals surface area contributed by atoms with Crippen molar-refractivity contribution in [3.63, 3.8) is 0 Å². The van der Waals surface area contributed by atoms with Crippen LogP contribution in [0, 0.1) is 13.8 Å². The Kier molecular flexibility index (Phi) is 5.06. The van der Waals surface area contributed by atoms with E-state index in [0.717, 1.165) is 30.3 Å². The predicted octanol–water partition coefficient (Wildman–Crippen LogP) is 2.80. The van der Waals surface area contributed by atoms with Crippen LogP contribution in [0.15, 0.2) is 12.1 Å². The van der Waals surface area contributed by atoms with E-state index < -0.39 is 11.9 Å². The van der Waals surface area contributed by atoms with Gasteiger partial charge in [-0.25, -0.2) is 0 Å². The van der Waals surface area contributed by atoms with Crippen LogP contribution in [0.25, 0.3) is 0 Å². The summed E-state index contributed by atoms with van der Waals surface area (Å²) in [4.78, 5) is 12.1. The number of hydrogen-bond acceptors (Lipinski definition) is 3. The Hall–Kier alpha value is -2.32. The Morgan fingerprint density at radius 1 is 1.23 bits per heavy atom. The van der Waals surface area contributed by atoms with Crippen molar-refractivity contribution in [3.05, 3.63) is 34.9 Å². The Balaban J connectivity index is 1.51. The van der Waals surface area contributed by atoms with Crippen LogP contribution in [-0.2, 0) is 24.1 Å². The summed E-state index contributed by atoms with van der Waals surface area (Å²) in [6.07, 6.45) is -2.12. The first-order valence-corrected chi connectivity index (χ1v) is 8.66. The molecule has 0 bridgehead atoms. The van der Waals surface area contributed by atoms with Crippen LogP contribution in [0.2, 0.25) is 0 Å². The van der Waals surface area contributed by atoms with E-state index in [0.29, 0.717) is 25.2 Å². The SMILES string of the molecule is Cc1cc(C)n(CCCNC(=O)Cn2nc(C(F)(F)F)cc2C2CC2)n1. The third-order valence-corrected chi connectivity index (χ3v) is 4.36. The van der Waals surface area contributed by atoms with Crippen LogP contribution in [0.5, 0.6) is 0 Å². The van der Waals surface area contributed by atoms with Crippen LogP contribution in [0.1, 0.15) is 48.0 Å². The monoisotopic (exact) mass is 369 g/mol. The molecule has 0 atom stereocenters. The van der Waals surface area contributed by atoms with E-state index in [2.05, 4.69) is 15.5 Å². The van der Waals surface area contributed by atoms with Gasteiger partial charge < -0.3 is 5.32 Å². The second-order valence-corrected chi connectivity index (χ2v) is 6.74. The van der Waals surface area contributed by atoms with E-state index in [1.807, 2.05) is 24.6 Å². The smallest absolute Gasteiger partial charge is 0.354 e. The summed E-state index contributed by atoms with van der Waals surface area (Å²) >= 11 is 0. The van der Waals surface area contributed by atoms with Crippen molar-refractivity contribution < 1.29 is 18.0 Å². The van der Waals surface area contributed by atoms with Crippen molar-refractivity contribution in [1.29, 1.82) is 0 Å². The minimum absolute atomic E-state index is 0.0810. The van der Waals surface area contributed by atoms with Gasteiger partial charge in [0.15, 0.2) is 5.69 Å². The molecule has 0 unspecified atom stereocenters. The lowest BCUT2D eigenvalue weighted by Gasteiger charge is -2.09. The molecule has 1 fully saturated rings. The van der Waals surface area contributed by atoms with Crippen LogP contribution < -0.4 is 5.32 Å². The average Bonchev–Trinajstić information content (AvgIpc) is 3.21. The lowest BCUT2D eigenvalue weighted by atomic mass is 10.2. The molecule has 0 spiro atoms. The third-order valence-electron chi connectivity index (χ3n) is 4.36. The molecule has 2 aromatic heterocycles. The second-order valence-electron chi connectivity index (χ2n) is 6.74. The predicted molar refractivity (Wildman–Crippen MR) is 88.5 cm³/mol. The van der Waals surface area contributed by atoms with Crippen LogP contribution in [-0.4, -0.2) is 32.0 Å². The number of halogens is 3. The van der Waals surface area contributed by atoms with Crippen molar-refractivity contribution in [1.82, 2.24) is 24.9 Å². The number of nitrogens with zero attached hydrogens (tertiary/aromatic N) is 4. The number of amides is 1. The van der Waals surface area contributed by atoms with Gasteiger partial charge in [-0.1, -0.05) is 0 Å². The average molecular weight is 369 g/mol. The van der Waals surface area contributed by atoms with Crippen LogP contribution in [0.3, 0.4) is 0 Å². The highest BCUT2D eigenvalue weighted by atomic mass is 19.4. The zero-order valence-corrected chi connectivity index (χ0v) is 14.8. The summed E-state index contributed by atoms with van der Waals surface area (Å²) in [5, 5.41) is 10.7. The summed E-state index contributed by atoms with van der Waals surface area (Å²) in [7, 11) is 0. The maximum atomic E-state index is 12.9. The zero-order valence-electron chi connectivity index (χ0n) is 14.8. The molecular formula is C17H22F3N5O. The van der Waals surface area contributed by atoms with Crippen molar-refractivity contribution in [2.75, 3.05) is 6.54 Å². The quantitative estimate of drug-likeness (QED) is 0.764. The molecule has 1 aliphatic carbocycles. The van der Waals surface area contributed by atoms with Crippen molar-refractivity contribution in [2.24, 2.45) is 0 Å². The molecule has 2 aromatic rings. The minimum Gasteiger partial charge on any atom is -0.354 e. The van der Waals surface area contributed by atoms with Gasteiger partial charge in [-0.3, -0.25) is 14.2 Å². The number of hydrogen-bond donors (Lipinski definition) is 1. The van der Waals surface area contributed by atoms with E-state index in [4.69, 9.17) is 0 Å². The molecule has 2 heterocycles. The largest absolute Gasteiger partial charge is 0.435 e. The number of aryl methyl sites for hydroxylation is 3. The standard InChI is InChI=1S/C17H22F3N5O/c1-11-8-12(2)24(22-11)7-3-6-21-16(26)10-25-14(13-4-5-13)9-15(23-25)17(18,19)20/h8-9,13H,3-7,10H2,1-2H3,(H,21,26). The van der Waals surface area contributed by atoms with Crippen LogP contribution in [0.4, 0.5) is 13.2 Å². The van der Waals surface area contributed by atoms with Crippen molar-refractivity contribution >= 4 is 5.91 Å². The Morgan fingerprint density at radius 2 is 1.96 bits per heavy atom. The number of nitrogens with one attached hydrogen (secondary N) is 1. The fourth-order valence-electron chi connectivity index (χ4n) is 2.95. The minimum atomic E-state index is -4.49. The topological polar surface area (TPSA) is 64.7 Å². The van der Waals surface area contributed by atoms with Gasteiger partial charge in [0, 0.05) is 30.4 Å². The van der Waals surface area contributed by atoms with Gasteiger partial charge in [-0.15, -0.1) is 0 Å². The lowest BCUT2D eigenvalue weighted by Crippen LogP contribution is -2.30. The third kappa shape index (κ3) is 4.44. The van der Waals surface area contributed by atoms with Gasteiger partial charge in [-0.2, -0.15) is 23.4 Å². The first kappa shape index (κ1) is 18.5. The van der Waals surface area contributed by atoms with Gasteiger partial charge >= 0.3 is 6.18 Å². The molecule has 142 valence electrons. The van der Waals surface area contributed by atoms with Crippen LogP contribution >= 0.6 is 0 Å². The van der Waals surface area contributed by atoms with Crippen molar-refractivity contribution in [3.8, 4) is 0 Å². The van der Waals surface area contributed by atoms with E-state index in [1.165, 1.54) is 4.68 Å². The Bertz CT molecular complexity index is 789. The molecule has 1 aliphatic rings. The van der Waals surface area contributed by atoms with Gasteiger partial charge in [0.2, 0.25) is 5.91 Å². The lowest BCUT2D eigenvalue weighted by molar-refractivity contribution is -0.141. The van der Waals surface area contributed by atoms with Crippen molar-refractivity contribution in [2.45, 2.75) is 58.3 Å². The van der Waals surface area contributed by atoms with Gasteiger partial charge in [0.1, 0.15) is 6.54 Å². The Morgan fingerprint density at radius 3 is 2.54 bits per heavy atom. The summed E-state index contributed by atoms with van der Waals surface area (Å²) < 4.78 is 41.6. The highest BCUT2D eigenvalue weighted by molar-refractivity contribution is 5.75. The fourth-order valence-corrected chi connectivity index (χ4v) is 2.95. The maximum Gasteiger partial charge on any atom is 0.435 e. The molecule has 0 aliphatic heterocycles. The molecule has 1 N–H and O–H groups in total. The first-order valence-electron chi connectivity index (χ1n) is 8.66. The number of rotatable bonds is 7. The molecule has 1 amide bonds. The number of carbonyl (C=O) groups is 1. The van der Waals surface area contributed by atoms with Gasteiger partial charge in [0.25, 0.3) is 0 Å². The highest BCUT2D eigenvalue weighted by Crippen LogP contribution is 2.42. The number of aromatic nitrogens is 4. The molecular weight excluding hydrogens is 347 g/mol. The van der Waals surface area contributed by atoms with Gasteiger partial charge in [0.05, 0.1) is 5.69 Å². The molecule has 3 rings (SSSR count). The maximum absolute atomic E-state index is 12.9. The molecule has 9 heteroatoms. The Labute approximate surface area is 149 Å². The number of carbonyl (C=O) groups excluding carboxylic acids is 1. The molecule has 0 radical (unpaired) electrons. The molecule has 0 saturated heterocycles. The van der Waals surface area contributed by atoms with Gasteiger partial charge in [-0.05, 0) is 45.2 Å². The van der Waals surface area contributed by atoms with E-state index in [1.54, 1.807) is 0 Å². The molecule has 0 aromatic carbocycles. The normalized spacial score (nSPS) is 14.7. The molecule has 26 heavy (non-hydrogen) atoms. The first-order chi connectivity index (χ1) is 12.2. The van der Waals surface area contributed by atoms with E-state index in [9.17, 15) is 18.0 Å². The summed E-state index contributed by atoms with van der Waals surface area (Å²) in [5.41, 5.74) is 1.56. The molecule has 1 saturated carbocycles. The van der Waals surface area contributed by atoms with E-state index >= 15 is 0 Å². The molecule has 6 nitrogen and oxygen atoms in total. The zero-order chi connectivity index (χ0) is 18.9. The highest BCUT2D eigenvalue weighted by Gasteiger charge is 2.38. The fraction of sp³-hybridized carbons (Fsp3) is 0.588. The second kappa shape index (κ2) is 7.13. The summed E-state index contributed by atoms with van der Waals surface area (Å²) in [6.45, 7) is 4.80. The summed E-state index contributed by atoms with van der Waals surface area (Å²) in [6, 6.07) is 3.04. The van der Waals surface area contributed by atoms with E-state index in [-0.39, 0.29) is 18.4 Å². The summed E-state index contributed by atoms with van der Waals surface area (Å²) in [5.74, 6) is -0.255. The number of alkyl halides is 3.